The van der Waals surface area contributed by atoms with Gasteiger partial charge in [0, 0.05) is 33.9 Å². The molecule has 0 aliphatic carbocycles. The molecular weight excluding hydrogens is 604 g/mol. The third kappa shape index (κ3) is 12.6. The topological polar surface area (TPSA) is 135 Å². The minimum atomic E-state index is -0.525. The van der Waals surface area contributed by atoms with Crippen molar-refractivity contribution in [1.82, 2.24) is 20.2 Å². The van der Waals surface area contributed by atoms with Crippen LogP contribution in [0.4, 0.5) is 5.69 Å². The van der Waals surface area contributed by atoms with E-state index < -0.39 is 11.8 Å². The molecule has 0 atom stereocenters. The number of ketones is 1. The normalized spacial score (nSPS) is 11.0. The van der Waals surface area contributed by atoms with Gasteiger partial charge in [0.15, 0.2) is 11.3 Å². The molecule has 0 saturated heterocycles. The van der Waals surface area contributed by atoms with E-state index >= 15 is 0 Å². The second-order valence-electron chi connectivity index (χ2n) is 11.3. The number of aliphatic imine (C=N–C) groups is 1. The number of nitrogens with zero attached hydrogens (tertiary/aromatic N) is 4. The Kier molecular flexibility index (Phi) is 18.7. The summed E-state index contributed by atoms with van der Waals surface area (Å²) in [5.41, 5.74) is 9.10. The molecule has 0 fully saturated rings. The molecule has 0 unspecified atom stereocenters. The number of imide groups is 1. The molecule has 0 aliphatic heterocycles. The van der Waals surface area contributed by atoms with Crippen molar-refractivity contribution in [3.63, 3.8) is 0 Å². The summed E-state index contributed by atoms with van der Waals surface area (Å²) >= 11 is 0. The van der Waals surface area contributed by atoms with Gasteiger partial charge in [-0.15, -0.1) is 0 Å². The van der Waals surface area contributed by atoms with Crippen LogP contribution >= 0.6 is 0 Å². The fourth-order valence-corrected chi connectivity index (χ4v) is 4.47. The van der Waals surface area contributed by atoms with Gasteiger partial charge >= 0.3 is 0 Å². The number of nitrogens with one attached hydrogen (secondary N) is 2. The van der Waals surface area contributed by atoms with Gasteiger partial charge in [0.25, 0.3) is 5.91 Å². The lowest BCUT2D eigenvalue weighted by Gasteiger charge is -2.15. The molecule has 2 N–H and O–H groups in total. The van der Waals surface area contributed by atoms with E-state index in [4.69, 9.17) is 0 Å². The van der Waals surface area contributed by atoms with Gasteiger partial charge in [-0.2, -0.15) is 4.99 Å². The van der Waals surface area contributed by atoms with Crippen LogP contribution < -0.4 is 16.1 Å². The van der Waals surface area contributed by atoms with E-state index in [1.54, 1.807) is 6.92 Å². The standard InChI is InChI=1S/C19H26N4O2.C16H20N2O2.C2H6.CH4/c1-6-7-20-8-9-23-17-11-13(3)12(2)10-16(17)22-18(14(4)24)19(23)21-15(5)25;1-9(2)15(16(20)17-13(6)19)18-14-8-11(4)10(3)7-12(14)5;1-2;/h10-11,20H,6-9H2,1-5H3;7-8H,1H2,2-6H3,(H,17,19,20);1-2H3;1H4. The minimum Gasteiger partial charge on any atom is -0.321 e. The number of hydrogen-bond donors (Lipinski definition) is 2. The van der Waals surface area contributed by atoms with Crippen molar-refractivity contribution in [3.05, 3.63) is 75.4 Å². The largest absolute Gasteiger partial charge is 0.321 e. The first-order valence-electron chi connectivity index (χ1n) is 16.0. The third-order valence-electron chi connectivity index (χ3n) is 7.07. The lowest BCUT2D eigenvalue weighted by Crippen LogP contribution is -2.34. The van der Waals surface area contributed by atoms with Crippen LogP contribution in [0.2, 0.25) is 0 Å². The molecule has 0 spiro atoms. The molecule has 3 amide bonds. The number of hydrogen-bond acceptors (Lipinski definition) is 7. The SMILES string of the molecule is C.C=C(C)C(=Nc1cc(C)c(C)cc1C)C(=O)NC(C)=O.CC.CCCNCCn1c(=NC(C)=O)c(C(C)=O)nc2cc(C)c(C)cc21. The summed E-state index contributed by atoms with van der Waals surface area (Å²) in [6.07, 6.45) is 1.05. The Morgan fingerprint density at radius 1 is 0.833 bits per heavy atom. The number of amides is 3. The zero-order chi connectivity index (χ0) is 36.0. The predicted molar refractivity (Wildman–Crippen MR) is 198 cm³/mol. The first kappa shape index (κ1) is 43.4. The van der Waals surface area contributed by atoms with Crippen LogP contribution in [0.25, 0.3) is 11.0 Å². The average molecular weight is 661 g/mol. The molecule has 48 heavy (non-hydrogen) atoms. The fraction of sp³-hybridized carbons (Fsp3) is 0.447. The molecule has 2 aromatic carbocycles. The Morgan fingerprint density at radius 2 is 1.40 bits per heavy atom. The first-order valence-corrected chi connectivity index (χ1v) is 16.0. The van der Waals surface area contributed by atoms with Crippen LogP contribution in [0.5, 0.6) is 0 Å². The smallest absolute Gasteiger partial charge is 0.276 e. The summed E-state index contributed by atoms with van der Waals surface area (Å²) < 4.78 is 1.93. The summed E-state index contributed by atoms with van der Waals surface area (Å²) in [5, 5.41) is 5.57. The van der Waals surface area contributed by atoms with Crippen molar-refractivity contribution in [2.24, 2.45) is 9.98 Å². The maximum absolute atomic E-state index is 12.1. The number of fused-ring (bicyclic) bond motifs is 1. The molecule has 1 aromatic heterocycles. The van der Waals surface area contributed by atoms with E-state index in [-0.39, 0.29) is 30.5 Å². The molecule has 1 heterocycles. The fourth-order valence-electron chi connectivity index (χ4n) is 4.47. The summed E-state index contributed by atoms with van der Waals surface area (Å²) in [6.45, 7) is 27.9. The molecule has 0 aliphatic rings. The summed E-state index contributed by atoms with van der Waals surface area (Å²) in [5.74, 6) is -1.48. The van der Waals surface area contributed by atoms with Crippen molar-refractivity contribution in [1.29, 1.82) is 0 Å². The first-order chi connectivity index (χ1) is 22.1. The number of aromatic nitrogens is 2. The molecule has 3 aromatic rings. The van der Waals surface area contributed by atoms with Crippen LogP contribution in [0.15, 0.2) is 46.4 Å². The Hall–Kier alpha value is -4.57. The van der Waals surface area contributed by atoms with Crippen molar-refractivity contribution in [3.8, 4) is 0 Å². The van der Waals surface area contributed by atoms with Gasteiger partial charge in [0.1, 0.15) is 11.4 Å². The van der Waals surface area contributed by atoms with Crippen LogP contribution in [-0.2, 0) is 20.9 Å². The van der Waals surface area contributed by atoms with E-state index in [0.29, 0.717) is 23.3 Å². The predicted octanol–water partition coefficient (Wildman–Crippen LogP) is 6.89. The molecule has 262 valence electrons. The third-order valence-corrected chi connectivity index (χ3v) is 7.07. The Balaban J connectivity index is 0.000000877. The Labute approximate surface area is 286 Å². The molecule has 10 nitrogen and oxygen atoms in total. The quantitative estimate of drug-likeness (QED) is 0.146. The maximum atomic E-state index is 12.1. The van der Waals surface area contributed by atoms with Crippen molar-refractivity contribution in [2.45, 2.75) is 103 Å². The highest BCUT2D eigenvalue weighted by Gasteiger charge is 2.16. The average Bonchev–Trinajstić information content (AvgIpc) is 2.98. The summed E-state index contributed by atoms with van der Waals surface area (Å²) in [6, 6.07) is 7.97. The number of benzene rings is 2. The zero-order valence-electron chi connectivity index (χ0n) is 30.3. The van der Waals surface area contributed by atoms with Crippen LogP contribution in [0.1, 0.15) is 101 Å². The molecular formula is C38H56N6O4. The monoisotopic (exact) mass is 660 g/mol. The number of carbonyl (C=O) groups is 4. The van der Waals surface area contributed by atoms with E-state index in [0.717, 1.165) is 52.8 Å². The van der Waals surface area contributed by atoms with Crippen LogP contribution in [0, 0.1) is 34.6 Å². The van der Waals surface area contributed by atoms with Crippen LogP contribution in [-0.4, -0.2) is 51.9 Å². The number of Topliss-reactive ketones (excluding diaryl/α,β-unsaturated/α-hetero) is 1. The lowest BCUT2D eigenvalue weighted by molar-refractivity contribution is -0.125. The molecule has 0 bridgehead atoms. The molecule has 10 heteroatoms. The van der Waals surface area contributed by atoms with Crippen molar-refractivity contribution >= 4 is 45.9 Å². The van der Waals surface area contributed by atoms with Crippen molar-refractivity contribution in [2.75, 3.05) is 13.1 Å². The zero-order valence-corrected chi connectivity index (χ0v) is 30.3. The number of rotatable bonds is 9. The van der Waals surface area contributed by atoms with E-state index in [1.165, 1.54) is 26.3 Å². The lowest BCUT2D eigenvalue weighted by atomic mass is 10.0. The van der Waals surface area contributed by atoms with Crippen LogP contribution in [0.3, 0.4) is 0 Å². The highest BCUT2D eigenvalue weighted by molar-refractivity contribution is 6.47. The van der Waals surface area contributed by atoms with Gasteiger partial charge in [-0.25, -0.2) is 9.98 Å². The van der Waals surface area contributed by atoms with Gasteiger partial charge in [-0.05, 0) is 106 Å². The second-order valence-corrected chi connectivity index (χ2v) is 11.3. The second kappa shape index (κ2) is 20.6. The molecule has 0 radical (unpaired) electrons. The number of aryl methyl sites for hydroxylation is 5. The highest BCUT2D eigenvalue weighted by atomic mass is 16.2. The van der Waals surface area contributed by atoms with E-state index in [9.17, 15) is 19.2 Å². The van der Waals surface area contributed by atoms with Gasteiger partial charge in [0.05, 0.1) is 16.7 Å². The number of carbonyl (C=O) groups excluding carboxylic acids is 4. The molecule has 0 saturated carbocycles. The van der Waals surface area contributed by atoms with Gasteiger partial charge < -0.3 is 9.88 Å². The van der Waals surface area contributed by atoms with E-state index in [2.05, 4.69) is 39.1 Å². The summed E-state index contributed by atoms with van der Waals surface area (Å²) in [4.78, 5) is 59.6. The minimum absolute atomic E-state index is 0. The van der Waals surface area contributed by atoms with E-state index in [1.807, 2.05) is 77.3 Å². The van der Waals surface area contributed by atoms with Gasteiger partial charge in [0.2, 0.25) is 11.8 Å². The Morgan fingerprint density at radius 3 is 1.92 bits per heavy atom. The van der Waals surface area contributed by atoms with Gasteiger partial charge in [-0.1, -0.05) is 40.8 Å². The van der Waals surface area contributed by atoms with Crippen molar-refractivity contribution < 1.29 is 19.2 Å². The molecule has 3 rings (SSSR count). The van der Waals surface area contributed by atoms with Gasteiger partial charge in [-0.3, -0.25) is 24.5 Å². The summed E-state index contributed by atoms with van der Waals surface area (Å²) in [7, 11) is 0. The maximum Gasteiger partial charge on any atom is 0.276 e. The highest BCUT2D eigenvalue weighted by Crippen LogP contribution is 2.24. The Bertz CT molecular complexity index is 1750.